The Balaban J connectivity index is 1.68. The number of ether oxygens (including phenoxy) is 2. The third kappa shape index (κ3) is 8.11. The first-order valence-corrected chi connectivity index (χ1v) is 10.9. The molecule has 1 fully saturated rings. The molecular weight excluding hydrogens is 358 g/mol. The van der Waals surface area contributed by atoms with E-state index in [1.165, 1.54) is 5.56 Å². The summed E-state index contributed by atoms with van der Waals surface area (Å²) in [7, 11) is 1.83. The Bertz CT molecular complexity index is 542. The molecule has 1 unspecified atom stereocenters. The van der Waals surface area contributed by atoms with Crippen molar-refractivity contribution < 1.29 is 9.47 Å². The standard InChI is InChI=1S/C21H35N3O2S/c1-4-27-21(10-12-25-13-11-21)17-24-20(22-3)23-14-18(2)15-26-16-19-8-6-5-7-9-19/h5-9,18H,4,10-17H2,1-3H3,(H2,22,23,24). The summed E-state index contributed by atoms with van der Waals surface area (Å²) in [5.74, 6) is 2.41. The first kappa shape index (κ1) is 22.1. The highest BCUT2D eigenvalue weighted by Crippen LogP contribution is 2.34. The predicted octanol–water partition coefficient (Wildman–Crippen LogP) is 3.31. The molecule has 27 heavy (non-hydrogen) atoms. The number of aliphatic imine (C=N–C) groups is 1. The summed E-state index contributed by atoms with van der Waals surface area (Å²) in [6.07, 6.45) is 2.19. The molecule has 1 heterocycles. The summed E-state index contributed by atoms with van der Waals surface area (Å²) in [5.41, 5.74) is 1.21. The van der Waals surface area contributed by atoms with E-state index in [4.69, 9.17) is 9.47 Å². The average molecular weight is 394 g/mol. The van der Waals surface area contributed by atoms with Crippen LogP contribution < -0.4 is 10.6 Å². The van der Waals surface area contributed by atoms with Crippen molar-refractivity contribution in [2.24, 2.45) is 10.9 Å². The number of thioether (sulfide) groups is 1. The van der Waals surface area contributed by atoms with Crippen molar-refractivity contribution in [3.63, 3.8) is 0 Å². The normalized spacial score (nSPS) is 18.1. The Hall–Kier alpha value is -1.24. The third-order valence-electron chi connectivity index (χ3n) is 4.79. The van der Waals surface area contributed by atoms with Gasteiger partial charge in [0.05, 0.1) is 13.2 Å². The van der Waals surface area contributed by atoms with Gasteiger partial charge in [-0.1, -0.05) is 44.2 Å². The highest BCUT2D eigenvalue weighted by atomic mass is 32.2. The lowest BCUT2D eigenvalue weighted by molar-refractivity contribution is 0.0781. The van der Waals surface area contributed by atoms with Crippen LogP contribution in [-0.4, -0.2) is 56.4 Å². The van der Waals surface area contributed by atoms with E-state index in [1.807, 2.05) is 37.0 Å². The molecule has 0 aromatic heterocycles. The fraction of sp³-hybridized carbons (Fsp3) is 0.667. The van der Waals surface area contributed by atoms with Crippen molar-refractivity contribution in [3.8, 4) is 0 Å². The number of benzene rings is 1. The monoisotopic (exact) mass is 393 g/mol. The minimum Gasteiger partial charge on any atom is -0.381 e. The van der Waals surface area contributed by atoms with Crippen molar-refractivity contribution in [1.29, 1.82) is 0 Å². The van der Waals surface area contributed by atoms with Crippen LogP contribution in [0.2, 0.25) is 0 Å². The molecule has 0 amide bonds. The second-order valence-electron chi connectivity index (χ2n) is 7.14. The van der Waals surface area contributed by atoms with Gasteiger partial charge >= 0.3 is 0 Å². The minimum atomic E-state index is 0.259. The Kier molecular flexibility index (Phi) is 10.0. The van der Waals surface area contributed by atoms with Crippen molar-refractivity contribution in [1.82, 2.24) is 10.6 Å². The van der Waals surface area contributed by atoms with Crippen molar-refractivity contribution in [3.05, 3.63) is 35.9 Å². The SMILES string of the molecule is CCSC1(CNC(=NC)NCC(C)COCc2ccccc2)CCOCC1. The van der Waals surface area contributed by atoms with Gasteiger partial charge in [-0.05, 0) is 30.1 Å². The quantitative estimate of drug-likeness (QED) is 0.472. The third-order valence-corrected chi connectivity index (χ3v) is 6.24. The van der Waals surface area contributed by atoms with Crippen LogP contribution >= 0.6 is 11.8 Å². The zero-order valence-electron chi connectivity index (χ0n) is 17.0. The highest BCUT2D eigenvalue weighted by Gasteiger charge is 2.32. The van der Waals surface area contributed by atoms with Gasteiger partial charge < -0.3 is 20.1 Å². The minimum absolute atomic E-state index is 0.259. The maximum absolute atomic E-state index is 5.83. The smallest absolute Gasteiger partial charge is 0.191 e. The van der Waals surface area contributed by atoms with Gasteiger partial charge in [0.15, 0.2) is 5.96 Å². The number of rotatable bonds is 10. The van der Waals surface area contributed by atoms with Crippen LogP contribution in [0.3, 0.4) is 0 Å². The molecule has 152 valence electrons. The molecule has 0 aliphatic carbocycles. The molecule has 0 radical (unpaired) electrons. The molecule has 0 spiro atoms. The summed E-state index contributed by atoms with van der Waals surface area (Å²) in [6.45, 7) is 9.29. The molecule has 1 aromatic carbocycles. The first-order chi connectivity index (χ1) is 13.2. The Labute approximate surface area is 168 Å². The van der Waals surface area contributed by atoms with E-state index in [0.717, 1.165) is 57.5 Å². The van der Waals surface area contributed by atoms with Gasteiger partial charge in [0.1, 0.15) is 0 Å². The van der Waals surface area contributed by atoms with Gasteiger partial charge in [-0.2, -0.15) is 11.8 Å². The van der Waals surface area contributed by atoms with Crippen LogP contribution in [-0.2, 0) is 16.1 Å². The van der Waals surface area contributed by atoms with Crippen LogP contribution in [0.4, 0.5) is 0 Å². The van der Waals surface area contributed by atoms with Crippen molar-refractivity contribution in [2.45, 2.75) is 38.0 Å². The summed E-state index contributed by atoms with van der Waals surface area (Å²) in [5, 5.41) is 6.96. The van der Waals surface area contributed by atoms with Gasteiger partial charge in [-0.3, -0.25) is 4.99 Å². The van der Waals surface area contributed by atoms with Gasteiger partial charge in [0.2, 0.25) is 0 Å². The van der Waals surface area contributed by atoms with E-state index in [1.54, 1.807) is 0 Å². The molecule has 0 saturated carbocycles. The van der Waals surface area contributed by atoms with Gasteiger partial charge in [-0.25, -0.2) is 0 Å². The average Bonchev–Trinajstić information content (AvgIpc) is 2.70. The molecule has 1 aliphatic rings. The Morgan fingerprint density at radius 2 is 2.00 bits per heavy atom. The van der Waals surface area contributed by atoms with Crippen LogP contribution in [0.25, 0.3) is 0 Å². The summed E-state index contributed by atoms with van der Waals surface area (Å²) in [6, 6.07) is 10.3. The molecule has 1 saturated heterocycles. The zero-order valence-corrected chi connectivity index (χ0v) is 17.8. The molecule has 1 aromatic rings. The van der Waals surface area contributed by atoms with E-state index < -0.39 is 0 Å². The number of nitrogens with one attached hydrogen (secondary N) is 2. The topological polar surface area (TPSA) is 54.9 Å². The van der Waals surface area contributed by atoms with E-state index in [0.29, 0.717) is 12.5 Å². The molecule has 2 N–H and O–H groups in total. The van der Waals surface area contributed by atoms with Crippen molar-refractivity contribution in [2.75, 3.05) is 45.7 Å². The molecule has 1 atom stereocenters. The number of nitrogens with zero attached hydrogens (tertiary/aromatic N) is 1. The molecule has 2 rings (SSSR count). The van der Waals surface area contributed by atoms with E-state index in [2.05, 4.69) is 41.6 Å². The fourth-order valence-electron chi connectivity index (χ4n) is 3.17. The van der Waals surface area contributed by atoms with Crippen LogP contribution in [0.15, 0.2) is 35.3 Å². The first-order valence-electron chi connectivity index (χ1n) is 9.95. The maximum Gasteiger partial charge on any atom is 0.191 e. The zero-order chi connectivity index (χ0) is 19.4. The number of hydrogen-bond acceptors (Lipinski definition) is 4. The fourth-order valence-corrected chi connectivity index (χ4v) is 4.41. The van der Waals surface area contributed by atoms with Crippen molar-refractivity contribution >= 4 is 17.7 Å². The lowest BCUT2D eigenvalue weighted by Gasteiger charge is -2.37. The second-order valence-corrected chi connectivity index (χ2v) is 8.87. The molecule has 6 heteroatoms. The summed E-state index contributed by atoms with van der Waals surface area (Å²) in [4.78, 5) is 4.38. The Morgan fingerprint density at radius 3 is 2.67 bits per heavy atom. The lowest BCUT2D eigenvalue weighted by Crippen LogP contribution is -2.48. The number of guanidine groups is 1. The second kappa shape index (κ2) is 12.3. The lowest BCUT2D eigenvalue weighted by atomic mass is 9.99. The maximum atomic E-state index is 5.83. The Morgan fingerprint density at radius 1 is 1.26 bits per heavy atom. The van der Waals surface area contributed by atoms with Gasteiger partial charge in [0, 0.05) is 38.1 Å². The van der Waals surface area contributed by atoms with Gasteiger partial charge in [-0.15, -0.1) is 0 Å². The summed E-state index contributed by atoms with van der Waals surface area (Å²) < 4.78 is 11.6. The predicted molar refractivity (Wildman–Crippen MR) is 116 cm³/mol. The van der Waals surface area contributed by atoms with Crippen LogP contribution in [0.5, 0.6) is 0 Å². The van der Waals surface area contributed by atoms with Gasteiger partial charge in [0.25, 0.3) is 0 Å². The molecule has 5 nitrogen and oxygen atoms in total. The number of hydrogen-bond donors (Lipinski definition) is 2. The highest BCUT2D eigenvalue weighted by molar-refractivity contribution is 8.00. The molecule has 1 aliphatic heterocycles. The summed E-state index contributed by atoms with van der Waals surface area (Å²) >= 11 is 2.04. The van der Waals surface area contributed by atoms with E-state index >= 15 is 0 Å². The van der Waals surface area contributed by atoms with Crippen LogP contribution in [0.1, 0.15) is 32.3 Å². The van der Waals surface area contributed by atoms with E-state index in [-0.39, 0.29) is 4.75 Å². The van der Waals surface area contributed by atoms with Crippen LogP contribution in [0, 0.1) is 5.92 Å². The van der Waals surface area contributed by atoms with E-state index in [9.17, 15) is 0 Å². The molecule has 0 bridgehead atoms. The largest absolute Gasteiger partial charge is 0.381 e. The molecular formula is C21H35N3O2S.